The van der Waals surface area contributed by atoms with Crippen molar-refractivity contribution in [1.82, 2.24) is 0 Å². The predicted molar refractivity (Wildman–Crippen MR) is 69.4 cm³/mol. The van der Waals surface area contributed by atoms with Crippen molar-refractivity contribution in [2.75, 3.05) is 13.2 Å². The molecule has 0 aromatic heterocycles. The highest BCUT2D eigenvalue weighted by Crippen LogP contribution is 2.55. The number of epoxide rings is 1. The molecule has 0 aromatic rings. The molecular formula is C15H22O4. The standard InChI is InChI=1S/C15H22O4/c1-14(16,15-9-4-6-12(15)19-15)8-5-11-18-13-7-2-3-10-17-13/h12-13,16H,2-4,6-7,9-11H2,1H3. The molecule has 0 radical (unpaired) electrons. The fourth-order valence-electron chi connectivity index (χ4n) is 3.24. The number of aliphatic hydroxyl groups is 1. The summed E-state index contributed by atoms with van der Waals surface area (Å²) in [6.45, 7) is 2.83. The van der Waals surface area contributed by atoms with Crippen LogP contribution in [0.2, 0.25) is 0 Å². The van der Waals surface area contributed by atoms with Gasteiger partial charge < -0.3 is 19.3 Å². The minimum atomic E-state index is -1.06. The Bertz CT molecular complexity index is 389. The summed E-state index contributed by atoms with van der Waals surface area (Å²) in [7, 11) is 0. The Kier molecular flexibility index (Phi) is 3.57. The third-order valence-electron chi connectivity index (χ3n) is 4.47. The summed E-state index contributed by atoms with van der Waals surface area (Å²) < 4.78 is 16.6. The van der Waals surface area contributed by atoms with Crippen LogP contribution in [0.5, 0.6) is 0 Å². The minimum absolute atomic E-state index is 0.123. The molecule has 0 bridgehead atoms. The van der Waals surface area contributed by atoms with Crippen molar-refractivity contribution < 1.29 is 19.3 Å². The molecule has 2 saturated heterocycles. The molecule has 0 spiro atoms. The summed E-state index contributed by atoms with van der Waals surface area (Å²) in [6, 6.07) is 0. The SMILES string of the molecule is CC(O)(C#CCOC1CCCCO1)C12CCCC1O2. The van der Waals surface area contributed by atoms with Gasteiger partial charge in [-0.3, -0.25) is 0 Å². The van der Waals surface area contributed by atoms with Crippen LogP contribution < -0.4 is 0 Å². The van der Waals surface area contributed by atoms with E-state index in [0.717, 1.165) is 45.1 Å². The topological polar surface area (TPSA) is 51.2 Å². The van der Waals surface area contributed by atoms with Gasteiger partial charge in [-0.25, -0.2) is 0 Å². The summed E-state index contributed by atoms with van der Waals surface area (Å²) in [5.74, 6) is 5.84. The van der Waals surface area contributed by atoms with Crippen molar-refractivity contribution in [3.8, 4) is 11.8 Å². The molecular weight excluding hydrogens is 244 g/mol. The smallest absolute Gasteiger partial charge is 0.158 e. The number of ether oxygens (including phenoxy) is 3. The average Bonchev–Trinajstić information content (AvgIpc) is 2.99. The van der Waals surface area contributed by atoms with Gasteiger partial charge in [0.15, 0.2) is 11.9 Å². The van der Waals surface area contributed by atoms with Gasteiger partial charge in [-0.05, 0) is 45.4 Å². The van der Waals surface area contributed by atoms with E-state index in [4.69, 9.17) is 14.2 Å². The Hall–Kier alpha value is -0.600. The van der Waals surface area contributed by atoms with Gasteiger partial charge in [-0.2, -0.15) is 0 Å². The quantitative estimate of drug-likeness (QED) is 0.623. The van der Waals surface area contributed by atoms with Gasteiger partial charge in [0.2, 0.25) is 0 Å². The lowest BCUT2D eigenvalue weighted by atomic mass is 9.87. The predicted octanol–water partition coefficient (Wildman–Crippen LogP) is 1.61. The van der Waals surface area contributed by atoms with Crippen LogP contribution in [-0.2, 0) is 14.2 Å². The van der Waals surface area contributed by atoms with Gasteiger partial charge in [0.05, 0.1) is 6.10 Å². The molecule has 4 unspecified atom stereocenters. The van der Waals surface area contributed by atoms with Gasteiger partial charge in [0, 0.05) is 6.61 Å². The van der Waals surface area contributed by atoms with Crippen LogP contribution in [0.3, 0.4) is 0 Å². The summed E-state index contributed by atoms with van der Waals surface area (Å²) in [5.41, 5.74) is -1.47. The van der Waals surface area contributed by atoms with E-state index in [1.165, 1.54) is 0 Å². The lowest BCUT2D eigenvalue weighted by molar-refractivity contribution is -0.154. The number of fused-ring (bicyclic) bond motifs is 1. The molecule has 1 N–H and O–H groups in total. The second kappa shape index (κ2) is 5.06. The zero-order chi connectivity index (χ0) is 13.3. The Morgan fingerprint density at radius 1 is 1.37 bits per heavy atom. The Morgan fingerprint density at radius 3 is 2.89 bits per heavy atom. The van der Waals surface area contributed by atoms with Crippen molar-refractivity contribution in [2.24, 2.45) is 0 Å². The van der Waals surface area contributed by atoms with E-state index in [2.05, 4.69) is 11.8 Å². The third-order valence-corrected chi connectivity index (χ3v) is 4.47. The van der Waals surface area contributed by atoms with Gasteiger partial charge in [0.1, 0.15) is 12.2 Å². The van der Waals surface area contributed by atoms with E-state index >= 15 is 0 Å². The Morgan fingerprint density at radius 2 is 2.26 bits per heavy atom. The second-order valence-corrected chi connectivity index (χ2v) is 5.87. The molecule has 4 nitrogen and oxygen atoms in total. The first-order chi connectivity index (χ1) is 9.14. The van der Waals surface area contributed by atoms with Gasteiger partial charge in [-0.1, -0.05) is 11.8 Å². The molecule has 4 heteroatoms. The van der Waals surface area contributed by atoms with Crippen LogP contribution in [0.1, 0.15) is 45.4 Å². The number of rotatable bonds is 3. The minimum Gasteiger partial charge on any atom is -0.375 e. The molecule has 3 fully saturated rings. The highest BCUT2D eigenvalue weighted by Gasteiger charge is 2.68. The maximum absolute atomic E-state index is 10.5. The molecule has 19 heavy (non-hydrogen) atoms. The van der Waals surface area contributed by atoms with Crippen LogP contribution in [0.25, 0.3) is 0 Å². The highest BCUT2D eigenvalue weighted by molar-refractivity contribution is 5.29. The maximum atomic E-state index is 10.5. The van der Waals surface area contributed by atoms with Crippen molar-refractivity contribution in [1.29, 1.82) is 0 Å². The summed E-state index contributed by atoms with van der Waals surface area (Å²) in [4.78, 5) is 0. The lowest BCUT2D eigenvalue weighted by Crippen LogP contribution is -2.41. The Balaban J connectivity index is 1.49. The molecule has 3 rings (SSSR count). The van der Waals surface area contributed by atoms with Crippen molar-refractivity contribution in [3.63, 3.8) is 0 Å². The van der Waals surface area contributed by atoms with Crippen LogP contribution in [0.15, 0.2) is 0 Å². The van der Waals surface area contributed by atoms with E-state index in [1.807, 2.05) is 0 Å². The molecule has 0 aromatic carbocycles. The first-order valence-corrected chi connectivity index (χ1v) is 7.27. The summed E-state index contributed by atoms with van der Waals surface area (Å²) in [6.07, 6.45) is 6.36. The molecule has 1 aliphatic carbocycles. The first kappa shape index (κ1) is 13.4. The van der Waals surface area contributed by atoms with Gasteiger partial charge >= 0.3 is 0 Å². The lowest BCUT2D eigenvalue weighted by Gasteiger charge is -2.24. The number of hydrogen-bond acceptors (Lipinski definition) is 4. The van der Waals surface area contributed by atoms with E-state index in [1.54, 1.807) is 6.92 Å². The van der Waals surface area contributed by atoms with Crippen LogP contribution in [0, 0.1) is 11.8 Å². The fourth-order valence-corrected chi connectivity index (χ4v) is 3.24. The van der Waals surface area contributed by atoms with E-state index in [9.17, 15) is 5.11 Å². The molecule has 3 aliphatic rings. The van der Waals surface area contributed by atoms with Crippen LogP contribution in [-0.4, -0.2) is 41.9 Å². The van der Waals surface area contributed by atoms with E-state index < -0.39 is 11.2 Å². The molecule has 106 valence electrons. The number of hydrogen-bond donors (Lipinski definition) is 1. The fraction of sp³-hybridized carbons (Fsp3) is 0.867. The van der Waals surface area contributed by atoms with Crippen LogP contribution >= 0.6 is 0 Å². The highest BCUT2D eigenvalue weighted by atomic mass is 16.7. The molecule has 2 heterocycles. The second-order valence-electron chi connectivity index (χ2n) is 5.87. The average molecular weight is 266 g/mol. The van der Waals surface area contributed by atoms with Crippen molar-refractivity contribution in [2.45, 2.75) is 69.0 Å². The van der Waals surface area contributed by atoms with Gasteiger partial charge in [-0.15, -0.1) is 0 Å². The normalized spacial score (nSPS) is 39.9. The summed E-state index contributed by atoms with van der Waals surface area (Å²) in [5, 5.41) is 10.5. The van der Waals surface area contributed by atoms with Crippen molar-refractivity contribution in [3.05, 3.63) is 0 Å². The summed E-state index contributed by atoms with van der Waals surface area (Å²) >= 11 is 0. The molecule has 0 amide bonds. The van der Waals surface area contributed by atoms with Crippen LogP contribution in [0.4, 0.5) is 0 Å². The monoisotopic (exact) mass is 266 g/mol. The molecule has 2 aliphatic heterocycles. The largest absolute Gasteiger partial charge is 0.375 e. The third kappa shape index (κ3) is 2.53. The van der Waals surface area contributed by atoms with E-state index in [-0.39, 0.29) is 12.4 Å². The molecule has 1 saturated carbocycles. The first-order valence-electron chi connectivity index (χ1n) is 7.27. The zero-order valence-electron chi connectivity index (χ0n) is 11.5. The zero-order valence-corrected chi connectivity index (χ0v) is 11.5. The van der Waals surface area contributed by atoms with Crippen molar-refractivity contribution >= 4 is 0 Å². The van der Waals surface area contributed by atoms with Gasteiger partial charge in [0.25, 0.3) is 0 Å². The van der Waals surface area contributed by atoms with E-state index in [0.29, 0.717) is 6.61 Å². The molecule has 4 atom stereocenters. The maximum Gasteiger partial charge on any atom is 0.158 e. The Labute approximate surface area is 114 Å².